The van der Waals surface area contributed by atoms with Crippen molar-refractivity contribution in [1.82, 2.24) is 0 Å². The molecule has 0 aliphatic carbocycles. The van der Waals surface area contributed by atoms with E-state index in [1.807, 2.05) is 0 Å². The number of hydrogen-bond donors (Lipinski definition) is 2. The van der Waals surface area contributed by atoms with Crippen molar-refractivity contribution in [3.8, 4) is 0 Å². The third-order valence-electron chi connectivity index (χ3n) is 0. The topological polar surface area (TPSA) is 74.6 Å². The number of rotatable bonds is 0. The zero-order valence-corrected chi connectivity index (χ0v) is 9.76. The second kappa shape index (κ2) is 16.0. The van der Waals surface area contributed by atoms with Gasteiger partial charge in [-0.2, -0.15) is 0 Å². The Morgan fingerprint density at radius 2 is 1.00 bits per heavy atom. The van der Waals surface area contributed by atoms with Crippen molar-refractivity contribution in [2.75, 3.05) is 0 Å². The van der Waals surface area contributed by atoms with E-state index in [0.717, 1.165) is 13.8 Å². The van der Waals surface area contributed by atoms with Crippen LogP contribution in [0.25, 0.3) is 0 Å². The summed E-state index contributed by atoms with van der Waals surface area (Å²) in [5.74, 6) is -1.67. The minimum atomic E-state index is -0.833. The minimum absolute atomic E-state index is 0. The molecule has 10 heavy (non-hydrogen) atoms. The van der Waals surface area contributed by atoms with Crippen LogP contribution in [-0.4, -0.2) is 22.2 Å². The first-order valence-electron chi connectivity index (χ1n) is 1.86. The van der Waals surface area contributed by atoms with E-state index >= 15 is 0 Å². The molecular weight excluding hydrogens is 236 g/mol. The largest absolute Gasteiger partial charge is 0.481 e. The van der Waals surface area contributed by atoms with E-state index in [1.165, 1.54) is 0 Å². The molecule has 0 aromatic heterocycles. The number of carbonyl (C=O) groups is 2. The molecule has 59 valence electrons. The molecule has 0 aliphatic heterocycles. The van der Waals surface area contributed by atoms with Crippen LogP contribution in [0.1, 0.15) is 13.8 Å². The molecule has 0 heterocycles. The molecule has 0 atom stereocenters. The summed E-state index contributed by atoms with van der Waals surface area (Å²) >= 11 is 0. The summed E-state index contributed by atoms with van der Waals surface area (Å²) in [5, 5.41) is 14.8. The maximum absolute atomic E-state index is 9.00. The van der Waals surface area contributed by atoms with E-state index in [4.69, 9.17) is 19.8 Å². The van der Waals surface area contributed by atoms with E-state index in [1.54, 1.807) is 0 Å². The minimum Gasteiger partial charge on any atom is -0.481 e. The van der Waals surface area contributed by atoms with E-state index in [-0.39, 0.29) is 36.3 Å². The molecule has 6 heteroatoms. The Morgan fingerprint density at radius 3 is 1.00 bits per heavy atom. The molecule has 0 aromatic rings. The first-order valence-corrected chi connectivity index (χ1v) is 1.86. The normalized spacial score (nSPS) is 5.00. The van der Waals surface area contributed by atoms with E-state index < -0.39 is 11.9 Å². The van der Waals surface area contributed by atoms with Gasteiger partial charge in [-0.05, 0) is 0 Å². The van der Waals surface area contributed by atoms with Crippen LogP contribution in [0.5, 0.6) is 0 Å². The summed E-state index contributed by atoms with van der Waals surface area (Å²) in [4.78, 5) is 18.0. The van der Waals surface area contributed by atoms with Gasteiger partial charge in [-0.15, -0.1) is 0 Å². The average Bonchev–Trinajstić information content (AvgIpc) is 1.25. The quantitative estimate of drug-likeness (QED) is 0.596. The number of hydrogen-bond acceptors (Lipinski definition) is 2. The fourth-order valence-corrected chi connectivity index (χ4v) is 0. The molecule has 0 fully saturated rings. The zero-order valence-electron chi connectivity index (χ0n) is 5.75. The Labute approximate surface area is 82.0 Å². The summed E-state index contributed by atoms with van der Waals surface area (Å²) in [6.07, 6.45) is 0. The van der Waals surface area contributed by atoms with E-state index in [0.29, 0.717) is 0 Å². The second-order valence-corrected chi connectivity index (χ2v) is 1.04. The summed E-state index contributed by atoms with van der Waals surface area (Å²) in [5.41, 5.74) is 0. The second-order valence-electron chi connectivity index (χ2n) is 1.04. The molecule has 1 radical (unpaired) electrons. The van der Waals surface area contributed by atoms with Gasteiger partial charge in [-0.3, -0.25) is 9.59 Å². The van der Waals surface area contributed by atoms with Crippen molar-refractivity contribution in [2.45, 2.75) is 13.8 Å². The Balaban J connectivity index is -0.0000000300. The van der Waals surface area contributed by atoms with E-state index in [9.17, 15) is 0 Å². The van der Waals surface area contributed by atoms with Gasteiger partial charge in [-0.1, -0.05) is 0 Å². The van der Waals surface area contributed by atoms with Gasteiger partial charge < -0.3 is 10.2 Å². The Hall–Kier alpha value is 0.0699. The van der Waals surface area contributed by atoms with Crippen LogP contribution in [0.15, 0.2) is 0 Å². The molecule has 0 aromatic carbocycles. The molecule has 4 nitrogen and oxygen atoms in total. The fourth-order valence-electron chi connectivity index (χ4n) is 0. The van der Waals surface area contributed by atoms with Crippen molar-refractivity contribution < 1.29 is 56.1 Å². The van der Waals surface area contributed by atoms with Crippen LogP contribution < -0.4 is 0 Å². The van der Waals surface area contributed by atoms with Gasteiger partial charge >= 0.3 is 0 Å². The Morgan fingerprint density at radius 1 is 1.00 bits per heavy atom. The molecule has 0 saturated heterocycles. The Kier molecular flexibility index (Phi) is 36.0. The van der Waals surface area contributed by atoms with Crippen molar-refractivity contribution in [1.29, 1.82) is 0 Å². The van der Waals surface area contributed by atoms with Crippen molar-refractivity contribution >= 4 is 11.9 Å². The van der Waals surface area contributed by atoms with Gasteiger partial charge in [0.1, 0.15) is 0 Å². The van der Waals surface area contributed by atoms with Gasteiger partial charge in [0.15, 0.2) is 0 Å². The van der Waals surface area contributed by atoms with Gasteiger partial charge in [-0.25, -0.2) is 0 Å². The van der Waals surface area contributed by atoms with Crippen molar-refractivity contribution in [3.05, 3.63) is 0 Å². The fraction of sp³-hybridized carbons (Fsp3) is 0.500. The average molecular weight is 244 g/mol. The molecule has 0 bridgehead atoms. The van der Waals surface area contributed by atoms with Gasteiger partial charge in [0.2, 0.25) is 0 Å². The zero-order chi connectivity index (χ0) is 7.15. The first-order chi connectivity index (χ1) is 3.46. The molecule has 0 rings (SSSR count). The van der Waals surface area contributed by atoms with E-state index in [2.05, 4.69) is 0 Å². The Bertz CT molecular complexity index is 75.3. The van der Waals surface area contributed by atoms with Crippen LogP contribution in [0.4, 0.5) is 0 Å². The standard InChI is InChI=1S/2C2H4O2.Co.Zn/c2*1-2(3)4;;/h2*1H3,(H,3,4);;. The monoisotopic (exact) mass is 243 g/mol. The predicted molar refractivity (Wildman–Crippen MR) is 26.6 cm³/mol. The summed E-state index contributed by atoms with van der Waals surface area (Å²) in [6, 6.07) is 0. The van der Waals surface area contributed by atoms with Crippen LogP contribution in [0, 0.1) is 0 Å². The SMILES string of the molecule is CC(=O)O.CC(=O)O.[Co].[Zn]. The van der Waals surface area contributed by atoms with Crippen LogP contribution in [-0.2, 0) is 45.8 Å². The van der Waals surface area contributed by atoms with Crippen LogP contribution in [0.2, 0.25) is 0 Å². The third kappa shape index (κ3) is 82600. The summed E-state index contributed by atoms with van der Waals surface area (Å²) < 4.78 is 0. The van der Waals surface area contributed by atoms with Gasteiger partial charge in [0.25, 0.3) is 11.9 Å². The molecule has 0 spiro atoms. The molecular formula is C4H8CoO4Zn. The third-order valence-corrected chi connectivity index (χ3v) is 0. The molecule has 0 saturated carbocycles. The predicted octanol–water partition coefficient (Wildman–Crippen LogP) is 0.177. The summed E-state index contributed by atoms with van der Waals surface area (Å²) in [7, 11) is 0. The molecule has 0 unspecified atom stereocenters. The maximum Gasteiger partial charge on any atom is 0.300 e. The van der Waals surface area contributed by atoms with Crippen molar-refractivity contribution in [3.63, 3.8) is 0 Å². The van der Waals surface area contributed by atoms with Gasteiger partial charge in [0, 0.05) is 50.1 Å². The first kappa shape index (κ1) is 22.5. The van der Waals surface area contributed by atoms with Gasteiger partial charge in [0.05, 0.1) is 0 Å². The molecule has 2 N–H and O–H groups in total. The van der Waals surface area contributed by atoms with Crippen molar-refractivity contribution in [2.24, 2.45) is 0 Å². The smallest absolute Gasteiger partial charge is 0.300 e. The van der Waals surface area contributed by atoms with Crippen LogP contribution in [0.3, 0.4) is 0 Å². The molecule has 0 amide bonds. The number of carboxylic acid groups (broad SMARTS) is 2. The number of aliphatic carboxylic acids is 2. The summed E-state index contributed by atoms with van der Waals surface area (Å²) in [6.45, 7) is 2.17. The number of carboxylic acids is 2. The maximum atomic E-state index is 9.00. The molecule has 0 aliphatic rings. The van der Waals surface area contributed by atoms with Crippen LogP contribution >= 0.6 is 0 Å².